The predicted octanol–water partition coefficient (Wildman–Crippen LogP) is 2.58. The molecule has 2 amide bonds. The molecule has 0 aliphatic carbocycles. The van der Waals surface area contributed by atoms with Crippen LogP contribution in [0, 0.1) is 5.92 Å². The second-order valence-electron chi connectivity index (χ2n) is 7.46. The molecule has 0 saturated carbocycles. The van der Waals surface area contributed by atoms with E-state index in [1.807, 2.05) is 13.8 Å². The number of hydrogen-bond acceptors (Lipinski definition) is 6. The zero-order valence-corrected chi connectivity index (χ0v) is 19.8. The van der Waals surface area contributed by atoms with Crippen LogP contribution in [-0.2, 0) is 24.3 Å². The van der Waals surface area contributed by atoms with Gasteiger partial charge in [-0.2, -0.15) is 0 Å². The van der Waals surface area contributed by atoms with Crippen molar-refractivity contribution in [1.82, 2.24) is 10.0 Å². The third-order valence-electron chi connectivity index (χ3n) is 4.21. The Morgan fingerprint density at radius 3 is 2.48 bits per heavy atom. The quantitative estimate of drug-likeness (QED) is 0.411. The molecule has 0 aromatic heterocycles. The molecule has 0 saturated heterocycles. The van der Waals surface area contributed by atoms with Gasteiger partial charge >= 0.3 is 5.97 Å². The smallest absolute Gasteiger partial charge is 0.307 e. The number of hydrogen-bond donors (Lipinski definition) is 3. The number of ether oxygens (including phenoxy) is 1. The molecule has 178 valence electrons. The topological polar surface area (TPSA) is 131 Å². The average Bonchev–Trinajstić information content (AvgIpc) is 2.76. The summed E-state index contributed by atoms with van der Waals surface area (Å²) in [5.41, 5.74) is 0.572. The minimum atomic E-state index is -3.83. The summed E-state index contributed by atoms with van der Waals surface area (Å²) in [5, 5.41) is 5.58. The Morgan fingerprint density at radius 1 is 1.06 bits per heavy atom. The molecular weight excluding hydrogens is 470 g/mol. The fourth-order valence-corrected chi connectivity index (χ4v) is 3.92. The van der Waals surface area contributed by atoms with E-state index in [1.54, 1.807) is 30.3 Å². The summed E-state index contributed by atoms with van der Waals surface area (Å²) in [6.45, 7) is 3.62. The molecule has 0 aliphatic rings. The molecule has 0 heterocycles. The maximum Gasteiger partial charge on any atom is 0.307 e. The lowest BCUT2D eigenvalue weighted by atomic mass is 10.1. The van der Waals surface area contributed by atoms with E-state index >= 15 is 0 Å². The monoisotopic (exact) mass is 495 g/mol. The molecule has 33 heavy (non-hydrogen) atoms. The number of halogens is 1. The minimum Gasteiger partial charge on any atom is -0.456 e. The summed E-state index contributed by atoms with van der Waals surface area (Å²) in [4.78, 5) is 36.3. The van der Waals surface area contributed by atoms with Gasteiger partial charge in [-0.15, -0.1) is 0 Å². The van der Waals surface area contributed by atoms with Gasteiger partial charge in [-0.1, -0.05) is 43.6 Å². The van der Waals surface area contributed by atoms with Crippen molar-refractivity contribution >= 4 is 45.1 Å². The van der Waals surface area contributed by atoms with E-state index < -0.39 is 28.5 Å². The second kappa shape index (κ2) is 12.3. The number of anilines is 1. The highest BCUT2D eigenvalue weighted by molar-refractivity contribution is 7.89. The van der Waals surface area contributed by atoms with Crippen LogP contribution in [0.1, 0.15) is 30.6 Å². The van der Waals surface area contributed by atoms with Crippen LogP contribution in [0.25, 0.3) is 0 Å². The van der Waals surface area contributed by atoms with Crippen LogP contribution in [0.3, 0.4) is 0 Å². The van der Waals surface area contributed by atoms with Crippen LogP contribution >= 0.6 is 11.6 Å². The molecule has 0 aliphatic heterocycles. The van der Waals surface area contributed by atoms with E-state index in [0.717, 1.165) is 0 Å². The number of para-hydroxylation sites is 1. The summed E-state index contributed by atoms with van der Waals surface area (Å²) >= 11 is 5.79. The van der Waals surface area contributed by atoms with Crippen molar-refractivity contribution in [3.05, 3.63) is 59.1 Å². The molecule has 0 radical (unpaired) electrons. The van der Waals surface area contributed by atoms with Gasteiger partial charge in [0.1, 0.15) is 0 Å². The van der Waals surface area contributed by atoms with Gasteiger partial charge in [0, 0.05) is 18.1 Å². The summed E-state index contributed by atoms with van der Waals surface area (Å²) in [7, 11) is -3.83. The Bertz CT molecular complexity index is 1100. The van der Waals surface area contributed by atoms with E-state index in [1.165, 1.54) is 18.2 Å². The first-order valence-corrected chi connectivity index (χ1v) is 12.0. The van der Waals surface area contributed by atoms with E-state index in [2.05, 4.69) is 15.4 Å². The van der Waals surface area contributed by atoms with E-state index in [0.29, 0.717) is 6.54 Å². The lowest BCUT2D eigenvalue weighted by Crippen LogP contribution is -2.29. The van der Waals surface area contributed by atoms with Crippen molar-refractivity contribution in [1.29, 1.82) is 0 Å². The van der Waals surface area contributed by atoms with E-state index in [9.17, 15) is 22.8 Å². The van der Waals surface area contributed by atoms with Gasteiger partial charge in [0.05, 0.1) is 22.6 Å². The fraction of sp³-hybridized carbons (Fsp3) is 0.318. The molecule has 0 atom stereocenters. The normalized spacial score (nSPS) is 11.2. The van der Waals surface area contributed by atoms with Crippen LogP contribution in [0.15, 0.2) is 53.4 Å². The van der Waals surface area contributed by atoms with Crippen molar-refractivity contribution in [2.45, 2.75) is 25.2 Å². The Morgan fingerprint density at radius 2 is 1.79 bits per heavy atom. The molecule has 0 unspecified atom stereocenters. The van der Waals surface area contributed by atoms with Gasteiger partial charge in [-0.25, -0.2) is 13.1 Å². The zero-order valence-electron chi connectivity index (χ0n) is 18.3. The number of rotatable bonds is 11. The molecule has 2 rings (SSSR count). The Labute approximate surface area is 197 Å². The number of nitrogens with one attached hydrogen (secondary N) is 3. The number of benzene rings is 2. The molecule has 0 spiro atoms. The highest BCUT2D eigenvalue weighted by atomic mass is 35.5. The van der Waals surface area contributed by atoms with Gasteiger partial charge in [0.2, 0.25) is 10.0 Å². The third-order valence-corrected chi connectivity index (χ3v) is 5.90. The van der Waals surface area contributed by atoms with Gasteiger partial charge < -0.3 is 15.4 Å². The van der Waals surface area contributed by atoms with Crippen LogP contribution in [0.4, 0.5) is 5.69 Å². The van der Waals surface area contributed by atoms with Crippen LogP contribution in [0.5, 0.6) is 0 Å². The van der Waals surface area contributed by atoms with E-state index in [4.69, 9.17) is 16.3 Å². The van der Waals surface area contributed by atoms with Gasteiger partial charge in [0.15, 0.2) is 6.61 Å². The maximum atomic E-state index is 12.3. The molecule has 2 aromatic rings. The van der Waals surface area contributed by atoms with Gasteiger partial charge in [0.25, 0.3) is 11.8 Å². The zero-order chi connectivity index (χ0) is 24.4. The molecule has 0 bridgehead atoms. The number of sulfonamides is 1. The largest absolute Gasteiger partial charge is 0.456 e. The SMILES string of the molecule is CC(C)CNC(=O)c1ccccc1NC(=O)COC(=O)CCNS(=O)(=O)c1cccc(Cl)c1. The first-order valence-electron chi connectivity index (χ1n) is 10.2. The van der Waals surface area contributed by atoms with Gasteiger partial charge in [-0.05, 0) is 36.2 Å². The summed E-state index contributed by atoms with van der Waals surface area (Å²) in [6, 6.07) is 12.2. The number of esters is 1. The lowest BCUT2D eigenvalue weighted by Gasteiger charge is -2.12. The average molecular weight is 496 g/mol. The molecule has 9 nitrogen and oxygen atoms in total. The van der Waals surface area contributed by atoms with Crippen LogP contribution in [-0.4, -0.2) is 45.9 Å². The second-order valence-corrected chi connectivity index (χ2v) is 9.67. The predicted molar refractivity (Wildman–Crippen MR) is 124 cm³/mol. The third kappa shape index (κ3) is 8.83. The van der Waals surface area contributed by atoms with Crippen molar-refractivity contribution in [3.8, 4) is 0 Å². The van der Waals surface area contributed by atoms with E-state index in [-0.39, 0.29) is 46.0 Å². The first kappa shape index (κ1) is 26.3. The van der Waals surface area contributed by atoms with Crippen LogP contribution < -0.4 is 15.4 Å². The lowest BCUT2D eigenvalue weighted by molar-refractivity contribution is -0.147. The minimum absolute atomic E-state index is 0.0289. The summed E-state index contributed by atoms with van der Waals surface area (Å²) in [5.74, 6) is -1.46. The molecule has 3 N–H and O–H groups in total. The first-order chi connectivity index (χ1) is 15.6. The molecule has 2 aromatic carbocycles. The number of carbonyl (C=O) groups is 3. The van der Waals surface area contributed by atoms with Gasteiger partial charge in [-0.3, -0.25) is 14.4 Å². The molecule has 0 fully saturated rings. The van der Waals surface area contributed by atoms with Crippen molar-refractivity contribution in [3.63, 3.8) is 0 Å². The number of amides is 2. The highest BCUT2D eigenvalue weighted by Crippen LogP contribution is 2.16. The van der Waals surface area contributed by atoms with Crippen LogP contribution in [0.2, 0.25) is 5.02 Å². The molecular formula is C22H26ClN3O6S. The van der Waals surface area contributed by atoms with Crippen molar-refractivity contribution in [2.24, 2.45) is 5.92 Å². The number of carbonyl (C=O) groups excluding carboxylic acids is 3. The fourth-order valence-electron chi connectivity index (χ4n) is 2.59. The Balaban J connectivity index is 1.81. The Hall–Kier alpha value is -2.95. The summed E-state index contributed by atoms with van der Waals surface area (Å²) in [6.07, 6.45) is -0.277. The molecule has 11 heteroatoms. The van der Waals surface area contributed by atoms with Crippen molar-refractivity contribution < 1.29 is 27.5 Å². The van der Waals surface area contributed by atoms with Crippen molar-refractivity contribution in [2.75, 3.05) is 25.0 Å². The summed E-state index contributed by atoms with van der Waals surface area (Å²) < 4.78 is 31.5. The Kier molecular flexibility index (Phi) is 9.83. The highest BCUT2D eigenvalue weighted by Gasteiger charge is 2.16. The maximum absolute atomic E-state index is 12.3. The standard InChI is InChI=1S/C22H26ClN3O6S/c1-15(2)13-24-22(29)18-8-3-4-9-19(18)26-20(27)14-32-21(28)10-11-25-33(30,31)17-7-5-6-16(23)12-17/h3-9,12,15,25H,10-11,13-14H2,1-2H3,(H,24,29)(H,26,27).